The van der Waals surface area contributed by atoms with E-state index in [0.29, 0.717) is 5.75 Å². The van der Waals surface area contributed by atoms with Gasteiger partial charge >= 0.3 is 0 Å². The van der Waals surface area contributed by atoms with Gasteiger partial charge in [0, 0.05) is 5.25 Å². The molecule has 96 valence electrons. The van der Waals surface area contributed by atoms with Crippen molar-refractivity contribution in [2.45, 2.75) is 39.0 Å². The second-order valence-corrected chi connectivity index (χ2v) is 5.48. The molecule has 0 saturated heterocycles. The molecule has 0 aliphatic heterocycles. The zero-order chi connectivity index (χ0) is 13.0. The van der Waals surface area contributed by atoms with E-state index in [1.54, 1.807) is 6.92 Å². The average molecular weight is 257 g/mol. The van der Waals surface area contributed by atoms with Gasteiger partial charge in [-0.05, 0) is 20.8 Å². The number of carbonyl (C=O) groups is 1. The maximum absolute atomic E-state index is 11.7. The minimum Gasteiger partial charge on any atom is -0.392 e. The van der Waals surface area contributed by atoms with Crippen molar-refractivity contribution in [1.29, 1.82) is 0 Å². The molecule has 0 radical (unpaired) electrons. The van der Waals surface area contributed by atoms with E-state index in [-0.39, 0.29) is 11.2 Å². The minimum atomic E-state index is -0.412. The third kappa shape index (κ3) is 4.05. The monoisotopic (exact) mass is 257 g/mol. The summed E-state index contributed by atoms with van der Waals surface area (Å²) in [6, 6.07) is 0. The SMILES string of the molecule is Cc1n[nH]c(C)c1NC(=O)CSC(C)C(C)O. The Morgan fingerprint density at radius 3 is 2.65 bits per heavy atom. The molecular weight excluding hydrogens is 238 g/mol. The summed E-state index contributed by atoms with van der Waals surface area (Å²) in [6.45, 7) is 7.32. The molecule has 3 N–H and O–H groups in total. The Balaban J connectivity index is 2.45. The van der Waals surface area contributed by atoms with Crippen molar-refractivity contribution in [2.75, 3.05) is 11.1 Å². The predicted molar refractivity (Wildman–Crippen MR) is 70.3 cm³/mol. The number of aliphatic hydroxyl groups excluding tert-OH is 1. The molecule has 0 aliphatic rings. The number of nitrogens with one attached hydrogen (secondary N) is 2. The van der Waals surface area contributed by atoms with Gasteiger partial charge in [0.25, 0.3) is 0 Å². The van der Waals surface area contributed by atoms with Gasteiger partial charge in [-0.15, -0.1) is 11.8 Å². The Morgan fingerprint density at radius 2 is 2.18 bits per heavy atom. The van der Waals surface area contributed by atoms with E-state index in [1.807, 2.05) is 20.8 Å². The van der Waals surface area contributed by atoms with E-state index in [4.69, 9.17) is 0 Å². The van der Waals surface area contributed by atoms with Crippen molar-refractivity contribution in [3.05, 3.63) is 11.4 Å². The zero-order valence-electron chi connectivity index (χ0n) is 10.6. The van der Waals surface area contributed by atoms with Crippen LogP contribution in [0.25, 0.3) is 0 Å². The van der Waals surface area contributed by atoms with Crippen LogP contribution in [0.3, 0.4) is 0 Å². The number of aliphatic hydroxyl groups is 1. The van der Waals surface area contributed by atoms with Crippen LogP contribution in [0, 0.1) is 13.8 Å². The summed E-state index contributed by atoms with van der Waals surface area (Å²) < 4.78 is 0. The van der Waals surface area contributed by atoms with Crippen LogP contribution in [-0.2, 0) is 4.79 Å². The Kier molecular flexibility index (Phi) is 5.02. The molecular formula is C11H19N3O2S. The van der Waals surface area contributed by atoms with E-state index in [2.05, 4.69) is 15.5 Å². The lowest BCUT2D eigenvalue weighted by Gasteiger charge is -2.13. The van der Waals surface area contributed by atoms with Crippen LogP contribution in [0.2, 0.25) is 0 Å². The van der Waals surface area contributed by atoms with Crippen molar-refractivity contribution in [2.24, 2.45) is 0 Å². The highest BCUT2D eigenvalue weighted by atomic mass is 32.2. The summed E-state index contributed by atoms with van der Waals surface area (Å²) in [7, 11) is 0. The van der Waals surface area contributed by atoms with E-state index in [9.17, 15) is 9.90 Å². The molecule has 2 atom stereocenters. The number of anilines is 1. The summed E-state index contributed by atoms with van der Waals surface area (Å²) in [5, 5.41) is 19.0. The van der Waals surface area contributed by atoms with E-state index < -0.39 is 6.10 Å². The van der Waals surface area contributed by atoms with Crippen molar-refractivity contribution in [1.82, 2.24) is 10.2 Å². The van der Waals surface area contributed by atoms with Crippen LogP contribution in [0.15, 0.2) is 0 Å². The molecule has 0 spiro atoms. The lowest BCUT2D eigenvalue weighted by molar-refractivity contribution is -0.113. The van der Waals surface area contributed by atoms with Gasteiger partial charge in [0.2, 0.25) is 5.91 Å². The number of H-pyrrole nitrogens is 1. The quantitative estimate of drug-likeness (QED) is 0.746. The van der Waals surface area contributed by atoms with Crippen LogP contribution in [-0.4, -0.2) is 38.3 Å². The van der Waals surface area contributed by atoms with Crippen LogP contribution >= 0.6 is 11.8 Å². The third-order valence-corrected chi connectivity index (χ3v) is 3.90. The topological polar surface area (TPSA) is 78.0 Å². The lowest BCUT2D eigenvalue weighted by atomic mass is 10.3. The first-order chi connectivity index (χ1) is 7.91. The molecule has 17 heavy (non-hydrogen) atoms. The van der Waals surface area contributed by atoms with Gasteiger partial charge in [-0.25, -0.2) is 0 Å². The highest BCUT2D eigenvalue weighted by molar-refractivity contribution is 8.00. The summed E-state index contributed by atoms with van der Waals surface area (Å²) in [5.41, 5.74) is 2.38. The molecule has 0 bridgehead atoms. The molecule has 1 aromatic rings. The van der Waals surface area contributed by atoms with Gasteiger partial charge in [0.05, 0.1) is 28.9 Å². The smallest absolute Gasteiger partial charge is 0.234 e. The number of aryl methyl sites for hydroxylation is 2. The largest absolute Gasteiger partial charge is 0.392 e. The molecule has 1 amide bonds. The molecule has 1 aromatic heterocycles. The van der Waals surface area contributed by atoms with Crippen molar-refractivity contribution in [3.8, 4) is 0 Å². The van der Waals surface area contributed by atoms with Gasteiger partial charge in [-0.3, -0.25) is 9.89 Å². The molecule has 0 aliphatic carbocycles. The lowest BCUT2D eigenvalue weighted by Crippen LogP contribution is -2.21. The number of carbonyl (C=O) groups excluding carboxylic acids is 1. The summed E-state index contributed by atoms with van der Waals surface area (Å²) in [4.78, 5) is 11.7. The number of aromatic nitrogens is 2. The summed E-state index contributed by atoms with van der Waals surface area (Å²) >= 11 is 1.43. The molecule has 0 fully saturated rings. The first-order valence-electron chi connectivity index (χ1n) is 5.53. The maximum atomic E-state index is 11.7. The zero-order valence-corrected chi connectivity index (χ0v) is 11.4. The van der Waals surface area contributed by atoms with Crippen molar-refractivity contribution < 1.29 is 9.90 Å². The first kappa shape index (κ1) is 14.1. The van der Waals surface area contributed by atoms with E-state index >= 15 is 0 Å². The summed E-state index contributed by atoms with van der Waals surface area (Å²) in [6.07, 6.45) is -0.412. The molecule has 2 unspecified atom stereocenters. The van der Waals surface area contributed by atoms with Crippen LogP contribution in [0.4, 0.5) is 5.69 Å². The fraction of sp³-hybridized carbons (Fsp3) is 0.636. The van der Waals surface area contributed by atoms with Gasteiger partial charge in [0.15, 0.2) is 0 Å². The Bertz CT molecular complexity index is 371. The third-order valence-electron chi connectivity index (χ3n) is 2.55. The highest BCUT2D eigenvalue weighted by Crippen LogP contribution is 2.18. The van der Waals surface area contributed by atoms with Crippen LogP contribution < -0.4 is 5.32 Å². The van der Waals surface area contributed by atoms with Crippen LogP contribution in [0.1, 0.15) is 25.2 Å². The van der Waals surface area contributed by atoms with E-state index in [0.717, 1.165) is 17.1 Å². The molecule has 1 heterocycles. The van der Waals surface area contributed by atoms with Gasteiger partial charge in [0.1, 0.15) is 0 Å². The van der Waals surface area contributed by atoms with Gasteiger partial charge < -0.3 is 10.4 Å². The normalized spacial score (nSPS) is 14.4. The number of amides is 1. The highest BCUT2D eigenvalue weighted by Gasteiger charge is 2.14. The fourth-order valence-electron chi connectivity index (χ4n) is 1.26. The Hall–Kier alpha value is -1.01. The molecule has 0 saturated carbocycles. The Morgan fingerprint density at radius 1 is 1.53 bits per heavy atom. The average Bonchev–Trinajstić information content (AvgIpc) is 2.57. The second kappa shape index (κ2) is 6.07. The van der Waals surface area contributed by atoms with E-state index in [1.165, 1.54) is 11.8 Å². The van der Waals surface area contributed by atoms with Gasteiger partial charge in [-0.2, -0.15) is 5.10 Å². The number of thioether (sulfide) groups is 1. The summed E-state index contributed by atoms with van der Waals surface area (Å²) in [5.74, 6) is 0.256. The molecule has 5 nitrogen and oxygen atoms in total. The number of nitrogens with zero attached hydrogens (tertiary/aromatic N) is 1. The standard InChI is InChI=1S/C11H19N3O2S/c1-6-11(7(2)14-13-6)12-10(16)5-17-9(4)8(3)15/h8-9,15H,5H2,1-4H3,(H,12,16)(H,13,14). The van der Waals surface area contributed by atoms with Gasteiger partial charge in [-0.1, -0.05) is 6.92 Å². The Labute approximate surface area is 105 Å². The molecule has 1 rings (SSSR count). The van der Waals surface area contributed by atoms with Crippen LogP contribution in [0.5, 0.6) is 0 Å². The number of hydrogen-bond acceptors (Lipinski definition) is 4. The van der Waals surface area contributed by atoms with Crippen molar-refractivity contribution in [3.63, 3.8) is 0 Å². The first-order valence-corrected chi connectivity index (χ1v) is 6.57. The number of rotatable bonds is 5. The number of hydrogen-bond donors (Lipinski definition) is 3. The van der Waals surface area contributed by atoms with Crippen molar-refractivity contribution >= 4 is 23.4 Å². The number of aromatic amines is 1. The second-order valence-electron chi connectivity index (χ2n) is 4.11. The molecule has 6 heteroatoms. The predicted octanol–water partition coefficient (Wildman–Crippen LogP) is 1.47. The minimum absolute atomic E-state index is 0.0484. The fourth-order valence-corrected chi connectivity index (χ4v) is 2.02. The maximum Gasteiger partial charge on any atom is 0.234 e. The molecule has 0 aromatic carbocycles.